The highest BCUT2D eigenvalue weighted by Crippen LogP contribution is 2.23. The molecular weight excluding hydrogens is 240 g/mol. The quantitative estimate of drug-likeness (QED) is 0.866. The van der Waals surface area contributed by atoms with Gasteiger partial charge in [-0.05, 0) is 38.3 Å². The highest BCUT2D eigenvalue weighted by atomic mass is 16.2. The van der Waals surface area contributed by atoms with Crippen LogP contribution in [0, 0.1) is 5.92 Å². The molecule has 2 saturated heterocycles. The van der Waals surface area contributed by atoms with Crippen LogP contribution >= 0.6 is 0 Å². The zero-order chi connectivity index (χ0) is 13.1. The summed E-state index contributed by atoms with van der Waals surface area (Å²) in [5.74, 6) is 0.522. The lowest BCUT2D eigenvalue weighted by atomic mass is 9.96. The van der Waals surface area contributed by atoms with Crippen molar-refractivity contribution in [1.29, 1.82) is 0 Å². The Morgan fingerprint density at radius 3 is 3.00 bits per heavy atom. The van der Waals surface area contributed by atoms with Gasteiger partial charge in [0.25, 0.3) is 0 Å². The molecule has 2 unspecified atom stereocenters. The van der Waals surface area contributed by atoms with E-state index in [2.05, 4.69) is 10.4 Å². The molecule has 104 valence electrons. The van der Waals surface area contributed by atoms with E-state index in [0.717, 1.165) is 51.9 Å². The number of carbonyl (C=O) groups is 1. The average molecular weight is 262 g/mol. The number of aromatic nitrogens is 2. The first-order valence-electron chi connectivity index (χ1n) is 7.33. The molecule has 1 amide bonds. The molecular formula is C14H22N4O. The minimum atomic E-state index is 0.185. The lowest BCUT2D eigenvalue weighted by Crippen LogP contribution is -2.47. The van der Waals surface area contributed by atoms with Crippen molar-refractivity contribution in [3.8, 4) is 0 Å². The Kier molecular flexibility index (Phi) is 3.82. The molecule has 2 aliphatic rings. The van der Waals surface area contributed by atoms with E-state index < -0.39 is 0 Å². The van der Waals surface area contributed by atoms with Crippen LogP contribution in [0.4, 0.5) is 0 Å². The third-order valence-electron chi connectivity index (χ3n) is 4.25. The molecule has 1 aromatic heterocycles. The van der Waals surface area contributed by atoms with E-state index in [1.807, 2.05) is 28.0 Å². The van der Waals surface area contributed by atoms with Gasteiger partial charge in [-0.3, -0.25) is 9.48 Å². The summed E-state index contributed by atoms with van der Waals surface area (Å²) in [5.41, 5.74) is 0. The number of hydrogen-bond donors (Lipinski definition) is 1. The van der Waals surface area contributed by atoms with Crippen LogP contribution in [0.2, 0.25) is 0 Å². The number of rotatable bonds is 2. The largest absolute Gasteiger partial charge is 0.340 e. The van der Waals surface area contributed by atoms with E-state index in [-0.39, 0.29) is 5.92 Å². The van der Waals surface area contributed by atoms with Crippen LogP contribution in [0.5, 0.6) is 0 Å². The van der Waals surface area contributed by atoms with Gasteiger partial charge in [0.05, 0.1) is 12.0 Å². The molecule has 5 heteroatoms. The van der Waals surface area contributed by atoms with Gasteiger partial charge in [0.15, 0.2) is 0 Å². The summed E-state index contributed by atoms with van der Waals surface area (Å²) >= 11 is 0. The Morgan fingerprint density at radius 2 is 2.26 bits per heavy atom. The third-order valence-corrected chi connectivity index (χ3v) is 4.25. The zero-order valence-electron chi connectivity index (χ0n) is 11.3. The standard InChI is InChI=1S/C14H22N4O/c19-14(12-4-1-6-15-10-12)17-8-2-5-13(11-17)18-9-3-7-16-18/h3,7,9,12-13,15H,1-2,4-6,8,10-11H2. The molecule has 0 bridgehead atoms. The molecule has 0 saturated carbocycles. The summed E-state index contributed by atoms with van der Waals surface area (Å²) in [7, 11) is 0. The Morgan fingerprint density at radius 1 is 1.32 bits per heavy atom. The van der Waals surface area contributed by atoms with Crippen molar-refractivity contribution in [1.82, 2.24) is 20.0 Å². The maximum atomic E-state index is 12.5. The topological polar surface area (TPSA) is 50.2 Å². The predicted molar refractivity (Wildman–Crippen MR) is 72.7 cm³/mol. The van der Waals surface area contributed by atoms with Gasteiger partial charge >= 0.3 is 0 Å². The number of nitrogens with one attached hydrogen (secondary N) is 1. The van der Waals surface area contributed by atoms with Gasteiger partial charge in [-0.2, -0.15) is 5.10 Å². The van der Waals surface area contributed by atoms with Crippen molar-refractivity contribution in [2.75, 3.05) is 26.2 Å². The fourth-order valence-electron chi connectivity index (χ4n) is 3.19. The Labute approximate surface area is 114 Å². The average Bonchev–Trinajstić information content (AvgIpc) is 3.02. The van der Waals surface area contributed by atoms with Crippen LogP contribution in [0.1, 0.15) is 31.7 Å². The number of piperidine rings is 2. The lowest BCUT2D eigenvalue weighted by molar-refractivity contribution is -0.137. The second kappa shape index (κ2) is 5.74. The van der Waals surface area contributed by atoms with E-state index >= 15 is 0 Å². The van der Waals surface area contributed by atoms with Gasteiger partial charge in [-0.1, -0.05) is 0 Å². The van der Waals surface area contributed by atoms with Gasteiger partial charge in [-0.15, -0.1) is 0 Å². The summed E-state index contributed by atoms with van der Waals surface area (Å²) in [5, 5.41) is 7.64. The first kappa shape index (κ1) is 12.7. The fourth-order valence-corrected chi connectivity index (χ4v) is 3.19. The first-order valence-corrected chi connectivity index (χ1v) is 7.33. The minimum absolute atomic E-state index is 0.185. The summed E-state index contributed by atoms with van der Waals surface area (Å²) in [6.07, 6.45) is 8.17. The maximum absolute atomic E-state index is 12.5. The molecule has 0 aromatic carbocycles. The molecule has 2 aliphatic heterocycles. The first-order chi connectivity index (χ1) is 9.34. The zero-order valence-corrected chi connectivity index (χ0v) is 11.3. The van der Waals surface area contributed by atoms with Crippen molar-refractivity contribution in [2.45, 2.75) is 31.7 Å². The predicted octanol–water partition coefficient (Wildman–Crippen LogP) is 1.05. The molecule has 1 N–H and O–H groups in total. The minimum Gasteiger partial charge on any atom is -0.340 e. The Hall–Kier alpha value is -1.36. The molecule has 3 rings (SSSR count). The number of likely N-dealkylation sites (tertiary alicyclic amines) is 1. The van der Waals surface area contributed by atoms with E-state index in [1.165, 1.54) is 0 Å². The molecule has 2 fully saturated rings. The van der Waals surface area contributed by atoms with Crippen molar-refractivity contribution >= 4 is 5.91 Å². The summed E-state index contributed by atoms with van der Waals surface area (Å²) in [6, 6.07) is 2.30. The molecule has 0 aliphatic carbocycles. The molecule has 0 spiro atoms. The van der Waals surface area contributed by atoms with Gasteiger partial charge in [0.1, 0.15) is 0 Å². The number of carbonyl (C=O) groups excluding carboxylic acids is 1. The summed E-state index contributed by atoms with van der Waals surface area (Å²) in [6.45, 7) is 3.63. The molecule has 1 aromatic rings. The number of nitrogens with zero attached hydrogens (tertiary/aromatic N) is 3. The van der Waals surface area contributed by atoms with E-state index in [0.29, 0.717) is 11.9 Å². The van der Waals surface area contributed by atoms with Gasteiger partial charge in [0.2, 0.25) is 5.91 Å². The highest BCUT2D eigenvalue weighted by molar-refractivity contribution is 5.79. The maximum Gasteiger partial charge on any atom is 0.227 e. The van der Waals surface area contributed by atoms with Crippen LogP contribution in [0.25, 0.3) is 0 Å². The van der Waals surface area contributed by atoms with Gasteiger partial charge in [-0.25, -0.2) is 0 Å². The lowest BCUT2D eigenvalue weighted by Gasteiger charge is -2.36. The SMILES string of the molecule is O=C(C1CCCNC1)N1CCCC(n2cccn2)C1. The van der Waals surface area contributed by atoms with Crippen molar-refractivity contribution < 1.29 is 4.79 Å². The molecule has 19 heavy (non-hydrogen) atoms. The fraction of sp³-hybridized carbons (Fsp3) is 0.714. The van der Waals surface area contributed by atoms with Crippen LogP contribution in [0.3, 0.4) is 0 Å². The number of amides is 1. The molecule has 3 heterocycles. The second-order valence-corrected chi connectivity index (χ2v) is 5.61. The molecule has 2 atom stereocenters. The monoisotopic (exact) mass is 262 g/mol. The normalized spacial score (nSPS) is 28.3. The third kappa shape index (κ3) is 2.81. The van der Waals surface area contributed by atoms with E-state index in [1.54, 1.807) is 0 Å². The van der Waals surface area contributed by atoms with Gasteiger partial charge < -0.3 is 10.2 Å². The number of hydrogen-bond acceptors (Lipinski definition) is 3. The van der Waals surface area contributed by atoms with Crippen molar-refractivity contribution in [3.63, 3.8) is 0 Å². The summed E-state index contributed by atoms with van der Waals surface area (Å²) in [4.78, 5) is 14.6. The highest BCUT2D eigenvalue weighted by Gasteiger charge is 2.30. The van der Waals surface area contributed by atoms with Crippen molar-refractivity contribution in [3.05, 3.63) is 18.5 Å². The van der Waals surface area contributed by atoms with Crippen LogP contribution in [-0.4, -0.2) is 46.8 Å². The molecule has 0 radical (unpaired) electrons. The summed E-state index contributed by atoms with van der Waals surface area (Å²) < 4.78 is 2.00. The Bertz CT molecular complexity index is 411. The second-order valence-electron chi connectivity index (χ2n) is 5.61. The molecule has 5 nitrogen and oxygen atoms in total. The van der Waals surface area contributed by atoms with Crippen molar-refractivity contribution in [2.24, 2.45) is 5.92 Å². The van der Waals surface area contributed by atoms with E-state index in [4.69, 9.17) is 0 Å². The van der Waals surface area contributed by atoms with E-state index in [9.17, 15) is 4.79 Å². The van der Waals surface area contributed by atoms with Gasteiger partial charge in [0, 0.05) is 32.0 Å². The van der Waals surface area contributed by atoms with Crippen LogP contribution in [-0.2, 0) is 4.79 Å². The van der Waals surface area contributed by atoms with Crippen LogP contribution < -0.4 is 5.32 Å². The Balaban J connectivity index is 1.62. The smallest absolute Gasteiger partial charge is 0.227 e. The van der Waals surface area contributed by atoms with Crippen LogP contribution in [0.15, 0.2) is 18.5 Å².